The van der Waals surface area contributed by atoms with E-state index in [4.69, 9.17) is 4.74 Å². The Morgan fingerprint density at radius 1 is 1.14 bits per heavy atom. The zero-order valence-electron chi connectivity index (χ0n) is 16.2. The fourth-order valence-electron chi connectivity index (χ4n) is 3.72. The number of carbonyl (C=O) groups is 1. The number of esters is 1. The van der Waals surface area contributed by atoms with Gasteiger partial charge in [0, 0.05) is 0 Å². The fourth-order valence-corrected chi connectivity index (χ4v) is 3.72. The lowest BCUT2D eigenvalue weighted by Gasteiger charge is -2.37. The van der Waals surface area contributed by atoms with E-state index in [0.717, 1.165) is 25.2 Å². The summed E-state index contributed by atoms with van der Waals surface area (Å²) >= 11 is 0. The maximum atomic E-state index is 12.8. The van der Waals surface area contributed by atoms with E-state index >= 15 is 0 Å². The molecule has 0 aromatic carbocycles. The van der Waals surface area contributed by atoms with Crippen molar-refractivity contribution in [3.63, 3.8) is 0 Å². The van der Waals surface area contributed by atoms with Gasteiger partial charge in [-0.1, -0.05) is 61.8 Å². The van der Waals surface area contributed by atoms with Gasteiger partial charge >= 0.3 is 5.97 Å². The van der Waals surface area contributed by atoms with Crippen LogP contribution in [0.5, 0.6) is 0 Å². The van der Waals surface area contributed by atoms with Crippen LogP contribution in [0.25, 0.3) is 0 Å². The van der Waals surface area contributed by atoms with E-state index in [2.05, 4.69) is 55.4 Å². The quantitative estimate of drug-likeness (QED) is 0.609. The van der Waals surface area contributed by atoms with Crippen molar-refractivity contribution in [1.29, 1.82) is 0 Å². The van der Waals surface area contributed by atoms with Crippen molar-refractivity contribution in [3.8, 4) is 0 Å². The zero-order chi connectivity index (χ0) is 17.1. The lowest BCUT2D eigenvalue weighted by atomic mass is 9.72. The van der Waals surface area contributed by atoms with Gasteiger partial charge in [-0.05, 0) is 48.3 Å². The van der Waals surface area contributed by atoms with E-state index in [9.17, 15) is 4.79 Å². The van der Waals surface area contributed by atoms with E-state index in [1.54, 1.807) is 0 Å². The Hall–Kier alpha value is -0.530. The minimum atomic E-state index is -0.0450. The molecule has 1 aliphatic rings. The number of carbonyl (C=O) groups excluding carboxylic acids is 1. The Labute approximate surface area is 138 Å². The molecule has 130 valence electrons. The molecule has 4 atom stereocenters. The molecule has 4 unspecified atom stereocenters. The molecule has 0 radical (unpaired) electrons. The summed E-state index contributed by atoms with van der Waals surface area (Å²) in [5, 5.41) is 0. The van der Waals surface area contributed by atoms with Crippen molar-refractivity contribution in [2.75, 3.05) is 0 Å². The van der Waals surface area contributed by atoms with Crippen LogP contribution in [0, 0.1) is 28.6 Å². The zero-order valence-corrected chi connectivity index (χ0v) is 16.2. The highest BCUT2D eigenvalue weighted by Crippen LogP contribution is 2.39. The van der Waals surface area contributed by atoms with Crippen molar-refractivity contribution in [2.45, 2.75) is 93.6 Å². The number of hydrogen-bond donors (Lipinski definition) is 0. The molecule has 1 rings (SSSR count). The first kappa shape index (κ1) is 19.5. The molecular formula is C20H38O2. The van der Waals surface area contributed by atoms with Crippen LogP contribution < -0.4 is 0 Å². The normalized spacial score (nSPS) is 28.3. The van der Waals surface area contributed by atoms with E-state index in [1.165, 1.54) is 12.8 Å². The van der Waals surface area contributed by atoms with Crippen molar-refractivity contribution < 1.29 is 9.53 Å². The summed E-state index contributed by atoms with van der Waals surface area (Å²) in [4.78, 5) is 12.8. The van der Waals surface area contributed by atoms with E-state index < -0.39 is 0 Å². The van der Waals surface area contributed by atoms with Crippen LogP contribution in [0.3, 0.4) is 0 Å². The average Bonchev–Trinajstić information content (AvgIpc) is 2.34. The average molecular weight is 311 g/mol. The van der Waals surface area contributed by atoms with Gasteiger partial charge in [-0.3, -0.25) is 4.79 Å². The molecular weight excluding hydrogens is 272 g/mol. The standard InChI is InChI=1S/C20H38O2/c1-9-15-10-11-16(12-14(15)2)22-18(21)17(20(6,7)8)13-19(3,4)5/h14-17H,9-13H2,1-8H3. The Morgan fingerprint density at radius 3 is 2.14 bits per heavy atom. The Kier molecular flexibility index (Phi) is 6.53. The summed E-state index contributed by atoms with van der Waals surface area (Å²) in [5.41, 5.74) is 0.0979. The molecule has 0 heterocycles. The lowest BCUT2D eigenvalue weighted by Crippen LogP contribution is -2.37. The second-order valence-corrected chi connectivity index (χ2v) is 9.70. The van der Waals surface area contributed by atoms with Crippen LogP contribution in [-0.4, -0.2) is 12.1 Å². The van der Waals surface area contributed by atoms with Gasteiger partial charge in [0.15, 0.2) is 0 Å². The number of rotatable bonds is 4. The molecule has 2 nitrogen and oxygen atoms in total. The first-order valence-corrected chi connectivity index (χ1v) is 9.14. The van der Waals surface area contributed by atoms with Gasteiger partial charge in [-0.2, -0.15) is 0 Å². The summed E-state index contributed by atoms with van der Waals surface area (Å²) in [5.74, 6) is 1.48. The predicted octanol–water partition coefficient (Wildman–Crippen LogP) is 5.84. The van der Waals surface area contributed by atoms with Gasteiger partial charge < -0.3 is 4.74 Å². The van der Waals surface area contributed by atoms with Gasteiger partial charge in [0.1, 0.15) is 6.10 Å². The van der Waals surface area contributed by atoms with Crippen LogP contribution in [0.15, 0.2) is 0 Å². The SMILES string of the molecule is CCC1CCC(OC(=O)C(CC(C)(C)C)C(C)(C)C)CC1C. The third kappa shape index (κ3) is 5.93. The first-order chi connectivity index (χ1) is 9.94. The summed E-state index contributed by atoms with van der Waals surface area (Å²) in [6.07, 6.45) is 5.55. The van der Waals surface area contributed by atoms with Crippen LogP contribution in [-0.2, 0) is 9.53 Å². The van der Waals surface area contributed by atoms with E-state index in [1.807, 2.05) is 0 Å². The van der Waals surface area contributed by atoms with Crippen molar-refractivity contribution in [2.24, 2.45) is 28.6 Å². The van der Waals surface area contributed by atoms with Crippen LogP contribution in [0.1, 0.15) is 87.5 Å². The fraction of sp³-hybridized carbons (Fsp3) is 0.950. The number of ether oxygens (including phenoxy) is 1. The number of hydrogen-bond acceptors (Lipinski definition) is 2. The van der Waals surface area contributed by atoms with Crippen molar-refractivity contribution in [1.82, 2.24) is 0 Å². The molecule has 0 saturated heterocycles. The molecule has 0 N–H and O–H groups in total. The molecule has 1 saturated carbocycles. The van der Waals surface area contributed by atoms with Gasteiger partial charge in [0.05, 0.1) is 5.92 Å². The van der Waals surface area contributed by atoms with E-state index in [-0.39, 0.29) is 28.8 Å². The van der Waals surface area contributed by atoms with Crippen LogP contribution in [0.2, 0.25) is 0 Å². The Morgan fingerprint density at radius 2 is 1.73 bits per heavy atom. The second kappa shape index (κ2) is 7.36. The smallest absolute Gasteiger partial charge is 0.309 e. The first-order valence-electron chi connectivity index (χ1n) is 9.14. The third-order valence-corrected chi connectivity index (χ3v) is 5.25. The van der Waals surface area contributed by atoms with E-state index in [0.29, 0.717) is 5.92 Å². The molecule has 0 bridgehead atoms. The van der Waals surface area contributed by atoms with Crippen molar-refractivity contribution >= 4 is 5.97 Å². The van der Waals surface area contributed by atoms with Crippen LogP contribution >= 0.6 is 0 Å². The van der Waals surface area contributed by atoms with Crippen molar-refractivity contribution in [3.05, 3.63) is 0 Å². The molecule has 0 aromatic rings. The minimum Gasteiger partial charge on any atom is -0.462 e. The van der Waals surface area contributed by atoms with Gasteiger partial charge in [-0.15, -0.1) is 0 Å². The molecule has 22 heavy (non-hydrogen) atoms. The van der Waals surface area contributed by atoms with Gasteiger partial charge in [0.2, 0.25) is 0 Å². The highest BCUT2D eigenvalue weighted by molar-refractivity contribution is 5.73. The van der Waals surface area contributed by atoms with Gasteiger partial charge in [0.25, 0.3) is 0 Å². The summed E-state index contributed by atoms with van der Waals surface area (Å²) < 4.78 is 5.95. The molecule has 1 aliphatic carbocycles. The Balaban J connectivity index is 2.68. The molecule has 0 spiro atoms. The predicted molar refractivity (Wildman–Crippen MR) is 93.7 cm³/mol. The highest BCUT2D eigenvalue weighted by atomic mass is 16.5. The Bertz CT molecular complexity index is 359. The van der Waals surface area contributed by atoms with Crippen LogP contribution in [0.4, 0.5) is 0 Å². The third-order valence-electron chi connectivity index (χ3n) is 5.25. The molecule has 1 fully saturated rings. The molecule has 2 heteroatoms. The van der Waals surface area contributed by atoms with Gasteiger partial charge in [-0.25, -0.2) is 0 Å². The molecule has 0 aliphatic heterocycles. The maximum Gasteiger partial charge on any atom is 0.309 e. The summed E-state index contributed by atoms with van der Waals surface area (Å²) in [7, 11) is 0. The molecule has 0 amide bonds. The summed E-state index contributed by atoms with van der Waals surface area (Å²) in [6.45, 7) is 17.6. The minimum absolute atomic E-state index is 0.0216. The lowest BCUT2D eigenvalue weighted by molar-refractivity contribution is -0.162. The highest BCUT2D eigenvalue weighted by Gasteiger charge is 2.38. The molecule has 0 aromatic heterocycles. The second-order valence-electron chi connectivity index (χ2n) is 9.70. The summed E-state index contributed by atoms with van der Waals surface area (Å²) in [6, 6.07) is 0. The largest absolute Gasteiger partial charge is 0.462 e. The monoisotopic (exact) mass is 310 g/mol. The topological polar surface area (TPSA) is 26.3 Å². The maximum absolute atomic E-state index is 12.8.